The molecule has 0 saturated heterocycles. The number of anilines is 1. The third-order valence-corrected chi connectivity index (χ3v) is 3.62. The second-order valence-electron chi connectivity index (χ2n) is 4.63. The van der Waals surface area contributed by atoms with E-state index >= 15 is 0 Å². The molecule has 2 aromatic rings. The lowest BCUT2D eigenvalue weighted by molar-refractivity contribution is -0.120. The van der Waals surface area contributed by atoms with E-state index in [1.165, 1.54) is 11.3 Å². The highest BCUT2D eigenvalue weighted by molar-refractivity contribution is 7.13. The first-order valence-electron chi connectivity index (χ1n) is 6.44. The normalized spacial score (nSPS) is 10.4. The number of hydrogen-bond donors (Lipinski definition) is 2. The summed E-state index contributed by atoms with van der Waals surface area (Å²) in [5.41, 5.74) is 2.45. The summed E-state index contributed by atoms with van der Waals surface area (Å²) in [5.74, 6) is -0.303. The van der Waals surface area contributed by atoms with Crippen molar-refractivity contribution in [2.45, 2.75) is 26.8 Å². The summed E-state index contributed by atoms with van der Waals surface area (Å²) < 4.78 is 1.64. The highest BCUT2D eigenvalue weighted by atomic mass is 32.1. The molecule has 2 aromatic heterocycles. The molecule has 0 aliphatic heterocycles. The number of rotatable bonds is 5. The molecule has 0 spiro atoms. The topological polar surface area (TPSA) is 88.9 Å². The molecule has 2 heterocycles. The molecule has 0 aromatic carbocycles. The molecule has 21 heavy (non-hydrogen) atoms. The summed E-state index contributed by atoms with van der Waals surface area (Å²) in [7, 11) is 1.58. The van der Waals surface area contributed by atoms with Gasteiger partial charge in [0.15, 0.2) is 5.13 Å². The van der Waals surface area contributed by atoms with Gasteiger partial charge >= 0.3 is 0 Å². The summed E-state index contributed by atoms with van der Waals surface area (Å²) in [5, 5.41) is 11.7. The smallest absolute Gasteiger partial charge is 0.247 e. The van der Waals surface area contributed by atoms with Gasteiger partial charge in [-0.1, -0.05) is 0 Å². The predicted octanol–water partition coefficient (Wildman–Crippen LogP) is 0.884. The largest absolute Gasteiger partial charge is 0.359 e. The fourth-order valence-electron chi connectivity index (χ4n) is 1.83. The first-order chi connectivity index (χ1) is 9.97. The van der Waals surface area contributed by atoms with E-state index in [-0.39, 0.29) is 24.8 Å². The van der Waals surface area contributed by atoms with Gasteiger partial charge in [-0.25, -0.2) is 4.98 Å². The highest BCUT2D eigenvalue weighted by Crippen LogP contribution is 2.16. The molecule has 0 aliphatic rings. The minimum Gasteiger partial charge on any atom is -0.359 e. The Morgan fingerprint density at radius 3 is 2.71 bits per heavy atom. The Morgan fingerprint density at radius 1 is 1.33 bits per heavy atom. The average Bonchev–Trinajstić information content (AvgIpc) is 2.96. The van der Waals surface area contributed by atoms with E-state index in [9.17, 15) is 9.59 Å². The fourth-order valence-corrected chi connectivity index (χ4v) is 2.55. The van der Waals surface area contributed by atoms with Crippen LogP contribution in [-0.4, -0.2) is 33.6 Å². The van der Waals surface area contributed by atoms with Gasteiger partial charge in [0.1, 0.15) is 6.54 Å². The van der Waals surface area contributed by atoms with E-state index in [4.69, 9.17) is 0 Å². The molecule has 0 atom stereocenters. The molecular formula is C13H17N5O2S. The monoisotopic (exact) mass is 307 g/mol. The van der Waals surface area contributed by atoms with Crippen LogP contribution in [0.4, 0.5) is 5.13 Å². The molecule has 2 amide bonds. The number of carbonyl (C=O) groups is 2. The lowest BCUT2D eigenvalue weighted by atomic mass is 10.3. The molecular weight excluding hydrogens is 290 g/mol. The SMILES string of the molecule is CNC(=O)Cc1csc(NC(=O)Cn2nc(C)cc2C)n1. The van der Waals surface area contributed by atoms with Gasteiger partial charge in [-0.05, 0) is 19.9 Å². The van der Waals surface area contributed by atoms with Crippen molar-refractivity contribution in [3.63, 3.8) is 0 Å². The number of aromatic nitrogens is 3. The van der Waals surface area contributed by atoms with Gasteiger partial charge in [0.2, 0.25) is 11.8 Å². The zero-order valence-corrected chi connectivity index (χ0v) is 13.0. The Kier molecular flexibility index (Phi) is 4.69. The van der Waals surface area contributed by atoms with Crippen LogP contribution in [0.25, 0.3) is 0 Å². The second kappa shape index (κ2) is 6.49. The highest BCUT2D eigenvalue weighted by Gasteiger charge is 2.11. The van der Waals surface area contributed by atoms with Crippen molar-refractivity contribution >= 4 is 28.3 Å². The number of carbonyl (C=O) groups excluding carboxylic acids is 2. The van der Waals surface area contributed by atoms with Gasteiger partial charge in [-0.3, -0.25) is 14.3 Å². The number of hydrogen-bond acceptors (Lipinski definition) is 5. The maximum Gasteiger partial charge on any atom is 0.247 e. The molecule has 0 bridgehead atoms. The molecule has 0 aliphatic carbocycles. The predicted molar refractivity (Wildman–Crippen MR) is 80.2 cm³/mol. The summed E-state index contributed by atoms with van der Waals surface area (Å²) in [6, 6.07) is 1.91. The van der Waals surface area contributed by atoms with Crippen LogP contribution in [0, 0.1) is 13.8 Å². The zero-order chi connectivity index (χ0) is 15.4. The first kappa shape index (κ1) is 15.2. The minimum atomic E-state index is -0.193. The number of aryl methyl sites for hydroxylation is 2. The van der Waals surface area contributed by atoms with Crippen LogP contribution in [0.1, 0.15) is 17.1 Å². The van der Waals surface area contributed by atoms with Crippen LogP contribution >= 0.6 is 11.3 Å². The third-order valence-electron chi connectivity index (χ3n) is 2.82. The summed E-state index contributed by atoms with van der Waals surface area (Å²) >= 11 is 1.30. The Bertz CT molecular complexity index is 661. The summed E-state index contributed by atoms with van der Waals surface area (Å²) in [4.78, 5) is 27.4. The number of thiazole rings is 1. The van der Waals surface area contributed by atoms with E-state index in [0.717, 1.165) is 11.4 Å². The molecule has 2 N–H and O–H groups in total. The Labute approximate surface area is 126 Å². The van der Waals surface area contributed by atoms with E-state index in [2.05, 4.69) is 20.7 Å². The van der Waals surface area contributed by atoms with E-state index < -0.39 is 0 Å². The molecule has 0 radical (unpaired) electrons. The quantitative estimate of drug-likeness (QED) is 0.858. The van der Waals surface area contributed by atoms with Crippen molar-refractivity contribution in [2.24, 2.45) is 0 Å². The second-order valence-corrected chi connectivity index (χ2v) is 5.48. The van der Waals surface area contributed by atoms with Crippen LogP contribution in [0.5, 0.6) is 0 Å². The van der Waals surface area contributed by atoms with Gasteiger partial charge in [0, 0.05) is 18.1 Å². The molecule has 0 unspecified atom stereocenters. The Balaban J connectivity index is 1.94. The summed E-state index contributed by atoms with van der Waals surface area (Å²) in [6.45, 7) is 3.93. The first-order valence-corrected chi connectivity index (χ1v) is 7.32. The number of nitrogens with zero attached hydrogens (tertiary/aromatic N) is 3. The van der Waals surface area contributed by atoms with E-state index in [0.29, 0.717) is 10.8 Å². The van der Waals surface area contributed by atoms with Crippen molar-refractivity contribution in [3.8, 4) is 0 Å². The van der Waals surface area contributed by atoms with Crippen LogP contribution < -0.4 is 10.6 Å². The Hall–Kier alpha value is -2.22. The van der Waals surface area contributed by atoms with Crippen LogP contribution in [0.3, 0.4) is 0 Å². The van der Waals surface area contributed by atoms with Gasteiger partial charge in [0.05, 0.1) is 17.8 Å². The van der Waals surface area contributed by atoms with Crippen LogP contribution in [0.15, 0.2) is 11.4 Å². The van der Waals surface area contributed by atoms with Crippen molar-refractivity contribution in [1.29, 1.82) is 0 Å². The van der Waals surface area contributed by atoms with E-state index in [1.54, 1.807) is 17.1 Å². The van der Waals surface area contributed by atoms with E-state index in [1.807, 2.05) is 19.9 Å². The van der Waals surface area contributed by atoms with Crippen molar-refractivity contribution < 1.29 is 9.59 Å². The van der Waals surface area contributed by atoms with Gasteiger partial charge in [-0.15, -0.1) is 11.3 Å². The number of amides is 2. The molecule has 7 nitrogen and oxygen atoms in total. The van der Waals surface area contributed by atoms with Crippen molar-refractivity contribution in [3.05, 3.63) is 28.5 Å². The minimum absolute atomic E-state index is 0.110. The van der Waals surface area contributed by atoms with Gasteiger partial charge in [-0.2, -0.15) is 5.10 Å². The average molecular weight is 307 g/mol. The van der Waals surface area contributed by atoms with Crippen molar-refractivity contribution in [2.75, 3.05) is 12.4 Å². The maximum absolute atomic E-state index is 11.9. The molecule has 2 rings (SSSR count). The lowest BCUT2D eigenvalue weighted by Crippen LogP contribution is -2.21. The number of likely N-dealkylation sites (N-methyl/N-ethyl adjacent to an activating group) is 1. The lowest BCUT2D eigenvalue weighted by Gasteiger charge is -2.04. The molecule has 8 heteroatoms. The summed E-state index contributed by atoms with van der Waals surface area (Å²) in [6.07, 6.45) is 0.209. The maximum atomic E-state index is 11.9. The van der Waals surface area contributed by atoms with Crippen LogP contribution in [0.2, 0.25) is 0 Å². The molecule has 0 fully saturated rings. The van der Waals surface area contributed by atoms with Crippen LogP contribution in [-0.2, 0) is 22.6 Å². The van der Waals surface area contributed by atoms with Gasteiger partial charge < -0.3 is 10.6 Å². The van der Waals surface area contributed by atoms with Gasteiger partial charge in [0.25, 0.3) is 0 Å². The standard InChI is InChI=1S/C13H17N5O2S/c1-8-4-9(2)18(17-8)6-12(20)16-13-15-10(7-21-13)5-11(19)14-3/h4,7H,5-6H2,1-3H3,(H,14,19)(H,15,16,20). The molecule has 0 saturated carbocycles. The number of nitrogens with one attached hydrogen (secondary N) is 2. The molecule has 112 valence electrons. The Morgan fingerprint density at radius 2 is 2.10 bits per heavy atom. The third kappa shape index (κ3) is 4.12. The zero-order valence-electron chi connectivity index (χ0n) is 12.1. The van der Waals surface area contributed by atoms with Crippen molar-refractivity contribution in [1.82, 2.24) is 20.1 Å². The fraction of sp³-hybridized carbons (Fsp3) is 0.385.